The second-order valence-corrected chi connectivity index (χ2v) is 4.84. The van der Waals surface area contributed by atoms with Crippen LogP contribution in [0.3, 0.4) is 0 Å². The van der Waals surface area contributed by atoms with Crippen molar-refractivity contribution in [3.05, 3.63) is 35.0 Å². The molecule has 0 fully saturated rings. The molecule has 1 aliphatic heterocycles. The standard InChI is InChI=1S/C12H10N2OS/c1-6-3-2-4-7-9(6)11(13)10-8(14-7)5-16-12(10)15/h2-4H,5H2,1H3,(H2,13,14). The Morgan fingerprint density at radius 3 is 3.06 bits per heavy atom. The van der Waals surface area contributed by atoms with E-state index in [0.717, 1.165) is 22.2 Å². The normalized spacial score (nSPS) is 14.4. The van der Waals surface area contributed by atoms with Crippen molar-refractivity contribution in [1.29, 1.82) is 0 Å². The number of nitrogen functional groups attached to an aromatic ring is 1. The molecule has 1 aromatic carbocycles. The van der Waals surface area contributed by atoms with Crippen LogP contribution in [0.5, 0.6) is 0 Å². The fourth-order valence-electron chi connectivity index (χ4n) is 2.12. The highest BCUT2D eigenvalue weighted by molar-refractivity contribution is 8.13. The van der Waals surface area contributed by atoms with Crippen molar-refractivity contribution in [2.45, 2.75) is 12.7 Å². The molecule has 2 aromatic rings. The van der Waals surface area contributed by atoms with Crippen LogP contribution in [0, 0.1) is 6.92 Å². The first-order chi connectivity index (χ1) is 7.68. The van der Waals surface area contributed by atoms with Gasteiger partial charge < -0.3 is 5.73 Å². The van der Waals surface area contributed by atoms with Crippen LogP contribution in [0.2, 0.25) is 0 Å². The van der Waals surface area contributed by atoms with E-state index in [1.165, 1.54) is 11.8 Å². The third-order valence-electron chi connectivity index (χ3n) is 2.88. The molecule has 0 unspecified atom stereocenters. The summed E-state index contributed by atoms with van der Waals surface area (Å²) in [6.45, 7) is 1.99. The van der Waals surface area contributed by atoms with Crippen molar-refractivity contribution < 1.29 is 4.79 Å². The van der Waals surface area contributed by atoms with Crippen LogP contribution in [0.15, 0.2) is 18.2 Å². The van der Waals surface area contributed by atoms with Gasteiger partial charge in [-0.25, -0.2) is 0 Å². The maximum atomic E-state index is 11.7. The molecule has 3 rings (SSSR count). The van der Waals surface area contributed by atoms with Gasteiger partial charge in [0.1, 0.15) is 0 Å². The Morgan fingerprint density at radius 2 is 2.25 bits per heavy atom. The summed E-state index contributed by atoms with van der Waals surface area (Å²) >= 11 is 1.28. The minimum Gasteiger partial charge on any atom is -0.397 e. The molecule has 1 aliphatic rings. The van der Waals surface area contributed by atoms with Crippen LogP contribution in [-0.4, -0.2) is 10.1 Å². The zero-order valence-electron chi connectivity index (χ0n) is 8.78. The number of nitrogens with zero attached hydrogens (tertiary/aromatic N) is 1. The third kappa shape index (κ3) is 1.16. The van der Waals surface area contributed by atoms with E-state index in [1.54, 1.807) is 0 Å². The molecule has 16 heavy (non-hydrogen) atoms. The summed E-state index contributed by atoms with van der Waals surface area (Å²) in [6.07, 6.45) is 0. The van der Waals surface area contributed by atoms with Crippen LogP contribution in [0.4, 0.5) is 5.69 Å². The molecule has 0 amide bonds. The van der Waals surface area contributed by atoms with Gasteiger partial charge in [-0.1, -0.05) is 23.9 Å². The van der Waals surface area contributed by atoms with Gasteiger partial charge in [0.15, 0.2) is 0 Å². The van der Waals surface area contributed by atoms with E-state index in [0.29, 0.717) is 17.0 Å². The lowest BCUT2D eigenvalue weighted by Crippen LogP contribution is -2.02. The first-order valence-electron chi connectivity index (χ1n) is 5.03. The number of thioether (sulfide) groups is 1. The van der Waals surface area contributed by atoms with Crippen LogP contribution in [-0.2, 0) is 5.75 Å². The van der Waals surface area contributed by atoms with Crippen molar-refractivity contribution in [3.8, 4) is 0 Å². The molecule has 1 aromatic heterocycles. The molecule has 80 valence electrons. The van der Waals surface area contributed by atoms with E-state index >= 15 is 0 Å². The molecule has 0 radical (unpaired) electrons. The lowest BCUT2D eigenvalue weighted by molar-refractivity contribution is 0.109. The summed E-state index contributed by atoms with van der Waals surface area (Å²) in [5, 5.41) is 0.960. The van der Waals surface area contributed by atoms with Crippen molar-refractivity contribution >= 4 is 33.5 Å². The van der Waals surface area contributed by atoms with Gasteiger partial charge >= 0.3 is 0 Å². The minimum atomic E-state index is 0.0464. The van der Waals surface area contributed by atoms with Crippen molar-refractivity contribution in [2.75, 3.05) is 5.73 Å². The number of nitrogens with two attached hydrogens (primary N) is 1. The maximum absolute atomic E-state index is 11.7. The molecule has 0 saturated carbocycles. The number of aryl methyl sites for hydroxylation is 1. The van der Waals surface area contributed by atoms with Gasteiger partial charge in [0.25, 0.3) is 0 Å². The van der Waals surface area contributed by atoms with E-state index in [1.807, 2.05) is 25.1 Å². The summed E-state index contributed by atoms with van der Waals surface area (Å²) in [5.41, 5.74) is 10.1. The summed E-state index contributed by atoms with van der Waals surface area (Å²) in [6, 6.07) is 5.88. The Morgan fingerprint density at radius 1 is 1.44 bits per heavy atom. The molecular formula is C12H10N2OS. The Hall–Kier alpha value is -1.55. The minimum absolute atomic E-state index is 0.0464. The van der Waals surface area contributed by atoms with Crippen LogP contribution < -0.4 is 5.73 Å². The van der Waals surface area contributed by atoms with Gasteiger partial charge in [0, 0.05) is 11.1 Å². The van der Waals surface area contributed by atoms with Crippen LogP contribution in [0.1, 0.15) is 21.6 Å². The van der Waals surface area contributed by atoms with Crippen LogP contribution in [0.25, 0.3) is 10.9 Å². The molecule has 4 heteroatoms. The van der Waals surface area contributed by atoms with Gasteiger partial charge in [0.05, 0.1) is 22.5 Å². The highest BCUT2D eigenvalue weighted by Crippen LogP contribution is 2.37. The van der Waals surface area contributed by atoms with Gasteiger partial charge in [-0.05, 0) is 18.6 Å². The summed E-state index contributed by atoms with van der Waals surface area (Å²) in [4.78, 5) is 16.2. The molecule has 0 aliphatic carbocycles. The Labute approximate surface area is 97.0 Å². The lowest BCUT2D eigenvalue weighted by Gasteiger charge is -2.08. The molecule has 2 N–H and O–H groups in total. The average molecular weight is 230 g/mol. The summed E-state index contributed by atoms with van der Waals surface area (Å²) in [5.74, 6) is 0.641. The number of hydrogen-bond donors (Lipinski definition) is 1. The van der Waals surface area contributed by atoms with E-state index in [2.05, 4.69) is 4.98 Å². The van der Waals surface area contributed by atoms with E-state index in [4.69, 9.17) is 5.73 Å². The highest BCUT2D eigenvalue weighted by atomic mass is 32.2. The van der Waals surface area contributed by atoms with Crippen LogP contribution >= 0.6 is 11.8 Å². The van der Waals surface area contributed by atoms with Crippen molar-refractivity contribution in [1.82, 2.24) is 4.98 Å². The second-order valence-electron chi connectivity index (χ2n) is 3.89. The Bertz CT molecular complexity index is 622. The van der Waals surface area contributed by atoms with Gasteiger partial charge in [-0.2, -0.15) is 0 Å². The Balaban J connectivity index is 2.49. The number of aromatic nitrogens is 1. The zero-order valence-corrected chi connectivity index (χ0v) is 9.60. The number of carbonyl (C=O) groups is 1. The monoisotopic (exact) mass is 230 g/mol. The van der Waals surface area contributed by atoms with E-state index in [9.17, 15) is 4.79 Å². The average Bonchev–Trinajstić information content (AvgIpc) is 2.60. The summed E-state index contributed by atoms with van der Waals surface area (Å²) in [7, 11) is 0. The fourth-order valence-corrected chi connectivity index (χ4v) is 2.96. The number of hydrogen-bond acceptors (Lipinski definition) is 4. The fraction of sp³-hybridized carbons (Fsp3) is 0.167. The first-order valence-corrected chi connectivity index (χ1v) is 6.02. The second kappa shape index (κ2) is 3.22. The molecule has 0 saturated heterocycles. The SMILES string of the molecule is Cc1cccc2nc3c(c(N)c12)C(=O)SC3. The van der Waals surface area contributed by atoms with Gasteiger partial charge in [-0.3, -0.25) is 9.78 Å². The number of anilines is 1. The van der Waals surface area contributed by atoms with E-state index < -0.39 is 0 Å². The number of rotatable bonds is 0. The number of benzene rings is 1. The highest BCUT2D eigenvalue weighted by Gasteiger charge is 2.26. The molecule has 0 bridgehead atoms. The van der Waals surface area contributed by atoms with Crippen molar-refractivity contribution in [3.63, 3.8) is 0 Å². The van der Waals surface area contributed by atoms with E-state index in [-0.39, 0.29) is 5.12 Å². The number of pyridine rings is 1. The molecular weight excluding hydrogens is 220 g/mol. The number of carbonyl (C=O) groups excluding carboxylic acids is 1. The topological polar surface area (TPSA) is 56.0 Å². The van der Waals surface area contributed by atoms with Gasteiger partial charge in [-0.15, -0.1) is 0 Å². The largest absolute Gasteiger partial charge is 0.397 e. The molecule has 2 heterocycles. The first kappa shape index (κ1) is 9.66. The number of fused-ring (bicyclic) bond motifs is 2. The quantitative estimate of drug-likeness (QED) is 0.755. The van der Waals surface area contributed by atoms with Crippen molar-refractivity contribution in [2.24, 2.45) is 0 Å². The predicted molar refractivity (Wildman–Crippen MR) is 66.5 cm³/mol. The molecule has 0 spiro atoms. The zero-order chi connectivity index (χ0) is 11.3. The molecule has 0 atom stereocenters. The maximum Gasteiger partial charge on any atom is 0.223 e. The molecule has 3 nitrogen and oxygen atoms in total. The predicted octanol–water partition coefficient (Wildman–Crippen LogP) is 2.51. The smallest absolute Gasteiger partial charge is 0.223 e. The lowest BCUT2D eigenvalue weighted by atomic mass is 10.0. The van der Waals surface area contributed by atoms with Gasteiger partial charge in [0.2, 0.25) is 5.12 Å². The summed E-state index contributed by atoms with van der Waals surface area (Å²) < 4.78 is 0. The third-order valence-corrected chi connectivity index (χ3v) is 3.76. The Kier molecular flexibility index (Phi) is 1.94.